The van der Waals surface area contributed by atoms with E-state index in [1.54, 1.807) is 0 Å². The van der Waals surface area contributed by atoms with Crippen molar-refractivity contribution in [2.45, 2.75) is 38.8 Å². The molecule has 0 rings (SSSR count). The molecule has 102 valence electrons. The van der Waals surface area contributed by atoms with Gasteiger partial charge in [0, 0.05) is 19.6 Å². The SMILES string of the molecule is CCCCOCCOCCCC(=O)C(F)(F)F. The number of rotatable bonds is 10. The van der Waals surface area contributed by atoms with Crippen molar-refractivity contribution in [3.8, 4) is 0 Å². The Morgan fingerprint density at radius 2 is 1.53 bits per heavy atom. The summed E-state index contributed by atoms with van der Waals surface area (Å²) in [7, 11) is 0. The molecule has 17 heavy (non-hydrogen) atoms. The van der Waals surface area contributed by atoms with E-state index in [0.717, 1.165) is 12.8 Å². The molecule has 0 amide bonds. The van der Waals surface area contributed by atoms with Crippen LogP contribution in [-0.4, -0.2) is 38.4 Å². The molecule has 0 aliphatic heterocycles. The lowest BCUT2D eigenvalue weighted by molar-refractivity contribution is -0.171. The van der Waals surface area contributed by atoms with E-state index < -0.39 is 18.4 Å². The number of ketones is 1. The minimum absolute atomic E-state index is 0.0906. The zero-order valence-corrected chi connectivity index (χ0v) is 10.0. The fraction of sp³-hybridized carbons (Fsp3) is 0.909. The molecule has 0 aliphatic rings. The lowest BCUT2D eigenvalue weighted by Gasteiger charge is -2.06. The van der Waals surface area contributed by atoms with E-state index >= 15 is 0 Å². The van der Waals surface area contributed by atoms with Crippen molar-refractivity contribution in [1.29, 1.82) is 0 Å². The summed E-state index contributed by atoms with van der Waals surface area (Å²) in [6.07, 6.45) is -3.10. The van der Waals surface area contributed by atoms with Gasteiger partial charge in [0.15, 0.2) is 0 Å². The van der Waals surface area contributed by atoms with Crippen LogP contribution in [0.3, 0.4) is 0 Å². The van der Waals surface area contributed by atoms with Crippen LogP contribution >= 0.6 is 0 Å². The van der Waals surface area contributed by atoms with Gasteiger partial charge in [-0.3, -0.25) is 4.79 Å². The fourth-order valence-electron chi connectivity index (χ4n) is 1.04. The molecule has 0 N–H and O–H groups in total. The molecule has 0 bridgehead atoms. The summed E-state index contributed by atoms with van der Waals surface area (Å²) in [4.78, 5) is 10.5. The standard InChI is InChI=1S/C11H19F3O3/c1-2-3-6-16-8-9-17-7-4-5-10(15)11(12,13)14/h2-9H2,1H3. The van der Waals surface area contributed by atoms with Crippen LogP contribution in [0.4, 0.5) is 13.2 Å². The lowest BCUT2D eigenvalue weighted by atomic mass is 10.2. The maximum atomic E-state index is 11.8. The average molecular weight is 256 g/mol. The van der Waals surface area contributed by atoms with Crippen LogP contribution in [0, 0.1) is 0 Å². The number of alkyl halides is 3. The van der Waals surface area contributed by atoms with Gasteiger partial charge in [0.1, 0.15) is 0 Å². The van der Waals surface area contributed by atoms with Crippen LogP contribution in [0.5, 0.6) is 0 Å². The molecule has 0 aromatic carbocycles. The molecule has 0 heterocycles. The second-order valence-electron chi connectivity index (χ2n) is 3.60. The molecule has 0 atom stereocenters. The van der Waals surface area contributed by atoms with E-state index in [1.165, 1.54) is 0 Å². The minimum atomic E-state index is -4.72. The van der Waals surface area contributed by atoms with Crippen LogP contribution in [0.1, 0.15) is 32.6 Å². The van der Waals surface area contributed by atoms with Crippen molar-refractivity contribution in [3.05, 3.63) is 0 Å². The lowest BCUT2D eigenvalue weighted by Crippen LogP contribution is -2.22. The van der Waals surface area contributed by atoms with Crippen molar-refractivity contribution < 1.29 is 27.4 Å². The van der Waals surface area contributed by atoms with Crippen LogP contribution in [0.25, 0.3) is 0 Å². The van der Waals surface area contributed by atoms with Crippen molar-refractivity contribution in [2.24, 2.45) is 0 Å². The molecule has 0 spiro atoms. The van der Waals surface area contributed by atoms with Gasteiger partial charge in [-0.05, 0) is 12.8 Å². The molecule has 0 aliphatic carbocycles. The largest absolute Gasteiger partial charge is 0.449 e. The molecule has 6 heteroatoms. The number of ether oxygens (including phenoxy) is 2. The Morgan fingerprint density at radius 1 is 1.00 bits per heavy atom. The van der Waals surface area contributed by atoms with Gasteiger partial charge >= 0.3 is 6.18 Å². The summed E-state index contributed by atoms with van der Waals surface area (Å²) in [6.45, 7) is 3.67. The number of halogens is 3. The number of hydrogen-bond acceptors (Lipinski definition) is 3. The van der Waals surface area contributed by atoms with E-state index in [2.05, 4.69) is 6.92 Å². The quantitative estimate of drug-likeness (QED) is 0.564. The molecule has 0 saturated heterocycles. The Kier molecular flexibility index (Phi) is 9.07. The fourth-order valence-corrected chi connectivity index (χ4v) is 1.04. The Balaban J connectivity index is 3.22. The summed E-state index contributed by atoms with van der Waals surface area (Å²) in [6, 6.07) is 0. The molecule has 0 aromatic heterocycles. The van der Waals surface area contributed by atoms with E-state index in [4.69, 9.17) is 9.47 Å². The van der Waals surface area contributed by atoms with Crippen molar-refractivity contribution >= 4 is 5.78 Å². The average Bonchev–Trinajstić information content (AvgIpc) is 2.25. The summed E-state index contributed by atoms with van der Waals surface area (Å²) in [5, 5.41) is 0. The number of carbonyl (C=O) groups is 1. The van der Waals surface area contributed by atoms with E-state index in [9.17, 15) is 18.0 Å². The molecule has 0 saturated carbocycles. The van der Waals surface area contributed by atoms with E-state index in [0.29, 0.717) is 19.8 Å². The zero-order valence-electron chi connectivity index (χ0n) is 10.0. The van der Waals surface area contributed by atoms with E-state index in [-0.39, 0.29) is 13.0 Å². The third-order valence-corrected chi connectivity index (χ3v) is 2.02. The third kappa shape index (κ3) is 10.3. The first-order valence-corrected chi connectivity index (χ1v) is 5.74. The molecule has 0 fully saturated rings. The second-order valence-corrected chi connectivity index (χ2v) is 3.60. The van der Waals surface area contributed by atoms with Crippen LogP contribution in [-0.2, 0) is 14.3 Å². The highest BCUT2D eigenvalue weighted by atomic mass is 19.4. The van der Waals surface area contributed by atoms with Gasteiger partial charge in [-0.25, -0.2) is 0 Å². The van der Waals surface area contributed by atoms with Gasteiger partial charge in [-0.1, -0.05) is 13.3 Å². The predicted octanol–water partition coefficient (Wildman–Crippen LogP) is 2.73. The zero-order chi connectivity index (χ0) is 13.1. The van der Waals surface area contributed by atoms with Gasteiger partial charge < -0.3 is 9.47 Å². The van der Waals surface area contributed by atoms with Crippen LogP contribution < -0.4 is 0 Å². The summed E-state index contributed by atoms with van der Waals surface area (Å²) in [5.74, 6) is -1.69. The van der Waals surface area contributed by atoms with Gasteiger partial charge in [0.2, 0.25) is 5.78 Å². The topological polar surface area (TPSA) is 35.5 Å². The first-order chi connectivity index (χ1) is 7.98. The Labute approximate surface area is 99.3 Å². The van der Waals surface area contributed by atoms with Gasteiger partial charge in [0.05, 0.1) is 13.2 Å². The van der Waals surface area contributed by atoms with Gasteiger partial charge in [-0.2, -0.15) is 13.2 Å². The predicted molar refractivity (Wildman–Crippen MR) is 56.8 cm³/mol. The summed E-state index contributed by atoms with van der Waals surface area (Å²) in [5.41, 5.74) is 0. The highest BCUT2D eigenvalue weighted by Crippen LogP contribution is 2.18. The molecule has 0 unspecified atom stereocenters. The Bertz CT molecular complexity index is 205. The molecule has 0 radical (unpaired) electrons. The van der Waals surface area contributed by atoms with Crippen molar-refractivity contribution in [3.63, 3.8) is 0 Å². The number of hydrogen-bond donors (Lipinski definition) is 0. The second kappa shape index (κ2) is 9.41. The number of carbonyl (C=O) groups excluding carboxylic acids is 1. The monoisotopic (exact) mass is 256 g/mol. The van der Waals surface area contributed by atoms with Crippen LogP contribution in [0.15, 0.2) is 0 Å². The molecule has 0 aromatic rings. The maximum absolute atomic E-state index is 11.8. The normalized spacial score (nSPS) is 11.8. The first kappa shape index (κ1) is 16.4. The number of unbranched alkanes of at least 4 members (excludes halogenated alkanes) is 1. The van der Waals surface area contributed by atoms with Gasteiger partial charge in [-0.15, -0.1) is 0 Å². The summed E-state index contributed by atoms with van der Waals surface area (Å²) < 4.78 is 45.6. The smallest absolute Gasteiger partial charge is 0.379 e. The maximum Gasteiger partial charge on any atom is 0.449 e. The van der Waals surface area contributed by atoms with E-state index in [1.807, 2.05) is 0 Å². The Hall–Kier alpha value is -0.620. The summed E-state index contributed by atoms with van der Waals surface area (Å²) >= 11 is 0. The Morgan fingerprint density at radius 3 is 2.00 bits per heavy atom. The minimum Gasteiger partial charge on any atom is -0.379 e. The highest BCUT2D eigenvalue weighted by molar-refractivity contribution is 5.83. The van der Waals surface area contributed by atoms with Crippen molar-refractivity contribution in [2.75, 3.05) is 26.4 Å². The molecular formula is C11H19F3O3. The first-order valence-electron chi connectivity index (χ1n) is 5.74. The number of Topliss-reactive ketones (excluding diaryl/α,β-unsaturated/α-hetero) is 1. The van der Waals surface area contributed by atoms with Crippen LogP contribution in [0.2, 0.25) is 0 Å². The third-order valence-electron chi connectivity index (χ3n) is 2.02. The molecule has 3 nitrogen and oxygen atoms in total. The highest BCUT2D eigenvalue weighted by Gasteiger charge is 2.37. The van der Waals surface area contributed by atoms with Gasteiger partial charge in [0.25, 0.3) is 0 Å². The van der Waals surface area contributed by atoms with Crippen molar-refractivity contribution in [1.82, 2.24) is 0 Å². The molecular weight excluding hydrogens is 237 g/mol.